The van der Waals surface area contributed by atoms with Gasteiger partial charge >= 0.3 is 5.97 Å². The number of carboxylic acid groups (broad SMARTS) is 1. The Kier molecular flexibility index (Phi) is 4.83. The highest BCUT2D eigenvalue weighted by molar-refractivity contribution is 5.95. The fraction of sp³-hybridized carbons (Fsp3) is 0.500. The summed E-state index contributed by atoms with van der Waals surface area (Å²) in [5.74, 6) is -0.857. The maximum Gasteiger partial charge on any atom is 0.303 e. The molecule has 0 spiro atoms. The third kappa shape index (κ3) is 3.74. The highest BCUT2D eigenvalue weighted by Gasteiger charge is 2.27. The Bertz CT molecular complexity index is 542. The van der Waals surface area contributed by atoms with Gasteiger partial charge in [-0.25, -0.2) is 0 Å². The van der Waals surface area contributed by atoms with Gasteiger partial charge in [-0.2, -0.15) is 0 Å². The van der Waals surface area contributed by atoms with Crippen molar-refractivity contribution in [3.05, 3.63) is 29.3 Å². The van der Waals surface area contributed by atoms with Crippen molar-refractivity contribution in [3.63, 3.8) is 0 Å². The first-order valence-corrected chi connectivity index (χ1v) is 7.38. The number of anilines is 1. The first-order chi connectivity index (χ1) is 9.99. The van der Waals surface area contributed by atoms with Crippen LogP contribution in [0, 0.1) is 6.92 Å². The first kappa shape index (κ1) is 15.4. The molecule has 1 aliphatic rings. The number of piperidine rings is 1. The van der Waals surface area contributed by atoms with E-state index >= 15 is 0 Å². The van der Waals surface area contributed by atoms with E-state index in [1.165, 1.54) is 0 Å². The van der Waals surface area contributed by atoms with E-state index in [0.29, 0.717) is 24.2 Å². The number of aliphatic carboxylic acids is 1. The number of carboxylic acids is 1. The number of nitrogens with two attached hydrogens (primary N) is 1. The van der Waals surface area contributed by atoms with Crippen molar-refractivity contribution in [2.45, 2.75) is 45.1 Å². The lowest BCUT2D eigenvalue weighted by Crippen LogP contribution is -2.44. The van der Waals surface area contributed by atoms with Crippen LogP contribution in [0.3, 0.4) is 0 Å². The van der Waals surface area contributed by atoms with Crippen LogP contribution in [0.5, 0.6) is 0 Å². The van der Waals surface area contributed by atoms with Gasteiger partial charge in [0, 0.05) is 30.3 Å². The SMILES string of the molecule is Cc1ccc(C(=O)N2CCCCC2CCC(=O)O)cc1N. The summed E-state index contributed by atoms with van der Waals surface area (Å²) in [5.41, 5.74) is 8.02. The van der Waals surface area contributed by atoms with Crippen molar-refractivity contribution >= 4 is 17.6 Å². The van der Waals surface area contributed by atoms with Gasteiger partial charge in [0.05, 0.1) is 0 Å². The van der Waals surface area contributed by atoms with Gasteiger partial charge in [0.1, 0.15) is 0 Å². The number of amides is 1. The Balaban J connectivity index is 2.13. The molecule has 21 heavy (non-hydrogen) atoms. The Morgan fingerprint density at radius 1 is 1.38 bits per heavy atom. The highest BCUT2D eigenvalue weighted by atomic mass is 16.4. The van der Waals surface area contributed by atoms with E-state index in [1.807, 2.05) is 17.9 Å². The van der Waals surface area contributed by atoms with E-state index in [4.69, 9.17) is 10.8 Å². The van der Waals surface area contributed by atoms with Gasteiger partial charge in [-0.05, 0) is 50.3 Å². The second kappa shape index (κ2) is 6.61. The molecule has 1 unspecified atom stereocenters. The molecule has 1 saturated heterocycles. The minimum absolute atomic E-state index is 0.0184. The normalized spacial score (nSPS) is 18.5. The monoisotopic (exact) mass is 290 g/mol. The molecular weight excluding hydrogens is 268 g/mol. The van der Waals surface area contributed by atoms with Crippen LogP contribution < -0.4 is 5.73 Å². The van der Waals surface area contributed by atoms with Crippen molar-refractivity contribution in [3.8, 4) is 0 Å². The van der Waals surface area contributed by atoms with E-state index in [0.717, 1.165) is 24.8 Å². The summed E-state index contributed by atoms with van der Waals surface area (Å²) in [4.78, 5) is 25.2. The molecule has 1 aromatic rings. The molecule has 114 valence electrons. The third-order valence-electron chi connectivity index (χ3n) is 4.11. The molecule has 0 aromatic heterocycles. The van der Waals surface area contributed by atoms with Crippen LogP contribution in [0.2, 0.25) is 0 Å². The maximum absolute atomic E-state index is 12.6. The second-order valence-corrected chi connectivity index (χ2v) is 5.65. The summed E-state index contributed by atoms with van der Waals surface area (Å²) < 4.78 is 0. The lowest BCUT2D eigenvalue weighted by molar-refractivity contribution is -0.137. The quantitative estimate of drug-likeness (QED) is 0.834. The third-order valence-corrected chi connectivity index (χ3v) is 4.11. The smallest absolute Gasteiger partial charge is 0.303 e. The first-order valence-electron chi connectivity index (χ1n) is 7.38. The molecular formula is C16H22N2O3. The zero-order valence-electron chi connectivity index (χ0n) is 12.3. The molecule has 5 heteroatoms. The van der Waals surface area contributed by atoms with Crippen molar-refractivity contribution in [2.75, 3.05) is 12.3 Å². The number of hydrogen-bond acceptors (Lipinski definition) is 3. The van der Waals surface area contributed by atoms with Crippen molar-refractivity contribution in [1.82, 2.24) is 4.90 Å². The highest BCUT2D eigenvalue weighted by Crippen LogP contribution is 2.24. The molecule has 0 radical (unpaired) electrons. The summed E-state index contributed by atoms with van der Waals surface area (Å²) in [6, 6.07) is 5.36. The standard InChI is InChI=1S/C16H22N2O3/c1-11-5-6-12(10-14(11)17)16(21)18-9-3-2-4-13(18)7-8-15(19)20/h5-6,10,13H,2-4,7-9,17H2,1H3,(H,19,20). The van der Waals surface area contributed by atoms with Gasteiger partial charge in [-0.15, -0.1) is 0 Å². The van der Waals surface area contributed by atoms with E-state index < -0.39 is 5.97 Å². The van der Waals surface area contributed by atoms with E-state index in [-0.39, 0.29) is 18.4 Å². The number of carbonyl (C=O) groups is 2. The zero-order chi connectivity index (χ0) is 15.4. The summed E-state index contributed by atoms with van der Waals surface area (Å²) in [6.07, 6.45) is 3.51. The Hall–Kier alpha value is -2.04. The second-order valence-electron chi connectivity index (χ2n) is 5.65. The molecule has 1 heterocycles. The molecule has 1 aliphatic heterocycles. The summed E-state index contributed by atoms with van der Waals surface area (Å²) in [5, 5.41) is 8.83. The predicted molar refractivity (Wildman–Crippen MR) is 81.1 cm³/mol. The van der Waals surface area contributed by atoms with Crippen LogP contribution in [0.4, 0.5) is 5.69 Å². The van der Waals surface area contributed by atoms with Gasteiger partial charge < -0.3 is 15.7 Å². The minimum Gasteiger partial charge on any atom is -0.481 e. The molecule has 0 saturated carbocycles. The number of hydrogen-bond donors (Lipinski definition) is 2. The topological polar surface area (TPSA) is 83.6 Å². The number of nitrogens with zero attached hydrogens (tertiary/aromatic N) is 1. The van der Waals surface area contributed by atoms with E-state index in [9.17, 15) is 9.59 Å². The van der Waals surface area contributed by atoms with Crippen LogP contribution in [0.1, 0.15) is 48.0 Å². The lowest BCUT2D eigenvalue weighted by Gasteiger charge is -2.35. The van der Waals surface area contributed by atoms with Gasteiger partial charge in [0.2, 0.25) is 0 Å². The van der Waals surface area contributed by atoms with E-state index in [2.05, 4.69) is 0 Å². The number of benzene rings is 1. The number of nitrogen functional groups attached to an aromatic ring is 1. The average molecular weight is 290 g/mol. The van der Waals surface area contributed by atoms with Crippen molar-refractivity contribution in [1.29, 1.82) is 0 Å². The maximum atomic E-state index is 12.6. The van der Waals surface area contributed by atoms with Crippen LogP contribution in [-0.2, 0) is 4.79 Å². The zero-order valence-corrected chi connectivity index (χ0v) is 12.3. The van der Waals surface area contributed by atoms with E-state index in [1.54, 1.807) is 12.1 Å². The summed E-state index contributed by atoms with van der Waals surface area (Å²) in [7, 11) is 0. The average Bonchev–Trinajstić information content (AvgIpc) is 2.47. The Morgan fingerprint density at radius 3 is 2.81 bits per heavy atom. The van der Waals surface area contributed by atoms with Gasteiger partial charge in [-0.3, -0.25) is 9.59 Å². The largest absolute Gasteiger partial charge is 0.481 e. The summed E-state index contributed by atoms with van der Waals surface area (Å²) in [6.45, 7) is 2.59. The number of aryl methyl sites for hydroxylation is 1. The molecule has 1 fully saturated rings. The predicted octanol–water partition coefficient (Wildman–Crippen LogP) is 2.44. The van der Waals surface area contributed by atoms with Crippen LogP contribution in [0.15, 0.2) is 18.2 Å². The van der Waals surface area contributed by atoms with Gasteiger partial charge in [0.15, 0.2) is 0 Å². The molecule has 1 amide bonds. The number of likely N-dealkylation sites (tertiary alicyclic amines) is 1. The summed E-state index contributed by atoms with van der Waals surface area (Å²) >= 11 is 0. The van der Waals surface area contributed by atoms with Crippen LogP contribution in [-0.4, -0.2) is 34.5 Å². The number of carbonyl (C=O) groups excluding carboxylic acids is 1. The van der Waals surface area contributed by atoms with Gasteiger partial charge in [0.25, 0.3) is 5.91 Å². The van der Waals surface area contributed by atoms with Crippen LogP contribution in [0.25, 0.3) is 0 Å². The Labute approximate surface area is 124 Å². The van der Waals surface area contributed by atoms with Crippen molar-refractivity contribution in [2.24, 2.45) is 0 Å². The molecule has 0 bridgehead atoms. The fourth-order valence-corrected chi connectivity index (χ4v) is 2.80. The molecule has 1 atom stereocenters. The minimum atomic E-state index is -0.812. The molecule has 1 aromatic carbocycles. The molecule has 5 nitrogen and oxygen atoms in total. The number of rotatable bonds is 4. The van der Waals surface area contributed by atoms with Gasteiger partial charge in [-0.1, -0.05) is 6.07 Å². The molecule has 0 aliphatic carbocycles. The lowest BCUT2D eigenvalue weighted by atomic mass is 9.96. The molecule has 3 N–H and O–H groups in total. The fourth-order valence-electron chi connectivity index (χ4n) is 2.80. The van der Waals surface area contributed by atoms with Crippen LogP contribution >= 0.6 is 0 Å². The van der Waals surface area contributed by atoms with Crippen molar-refractivity contribution < 1.29 is 14.7 Å². The molecule has 2 rings (SSSR count). The Morgan fingerprint density at radius 2 is 2.14 bits per heavy atom.